The Balaban J connectivity index is 0.000000853. The van der Waals surface area contributed by atoms with E-state index in [1.807, 2.05) is 6.07 Å². The molecule has 0 spiro atoms. The van der Waals surface area contributed by atoms with E-state index in [-0.39, 0.29) is 12.4 Å². The molecule has 2 N–H and O–H groups in total. The van der Waals surface area contributed by atoms with Crippen molar-refractivity contribution in [1.29, 1.82) is 0 Å². The molecule has 5 nitrogen and oxygen atoms in total. The van der Waals surface area contributed by atoms with Crippen LogP contribution in [0.4, 0.5) is 0 Å². The maximum atomic E-state index is 4.40. The van der Waals surface area contributed by atoms with Gasteiger partial charge in [-0.1, -0.05) is 0 Å². The van der Waals surface area contributed by atoms with Crippen LogP contribution in [-0.2, 0) is 0 Å². The highest BCUT2D eigenvalue weighted by molar-refractivity contribution is 5.85. The van der Waals surface area contributed by atoms with Crippen LogP contribution in [0.25, 0.3) is 22.4 Å². The summed E-state index contributed by atoms with van der Waals surface area (Å²) in [5, 5.41) is 6.62. The van der Waals surface area contributed by atoms with Gasteiger partial charge in [0.1, 0.15) is 5.82 Å². The number of hydrogen-bond donors (Lipinski definition) is 2. The van der Waals surface area contributed by atoms with Crippen LogP contribution in [0.15, 0.2) is 30.9 Å². The molecule has 76 valence electrons. The van der Waals surface area contributed by atoms with Crippen LogP contribution < -0.4 is 0 Å². The molecular formula is C9H8ClN5. The number of fused-ring (bicyclic) bond motifs is 1. The lowest BCUT2D eigenvalue weighted by Crippen LogP contribution is -1.74. The number of H-pyrrole nitrogens is 2. The van der Waals surface area contributed by atoms with Gasteiger partial charge in [0.2, 0.25) is 0 Å². The fourth-order valence-electron chi connectivity index (χ4n) is 1.37. The van der Waals surface area contributed by atoms with Crippen molar-refractivity contribution in [3.8, 4) is 11.4 Å². The second-order valence-corrected chi connectivity index (χ2v) is 2.97. The Morgan fingerprint density at radius 3 is 2.87 bits per heavy atom. The first-order valence-corrected chi connectivity index (χ1v) is 4.22. The normalized spacial score (nSPS) is 10.1. The first-order chi connectivity index (χ1) is 6.93. The highest BCUT2D eigenvalue weighted by Crippen LogP contribution is 2.17. The van der Waals surface area contributed by atoms with Crippen molar-refractivity contribution in [2.45, 2.75) is 0 Å². The minimum absolute atomic E-state index is 0. The van der Waals surface area contributed by atoms with E-state index in [1.165, 1.54) is 0 Å². The van der Waals surface area contributed by atoms with Gasteiger partial charge in [-0.05, 0) is 6.07 Å². The number of nitrogens with one attached hydrogen (secondary N) is 2. The average molecular weight is 222 g/mol. The Morgan fingerprint density at radius 1 is 1.20 bits per heavy atom. The molecule has 0 saturated carbocycles. The van der Waals surface area contributed by atoms with Crippen LogP contribution in [0.2, 0.25) is 0 Å². The van der Waals surface area contributed by atoms with Gasteiger partial charge in [-0.3, -0.25) is 10.1 Å². The van der Waals surface area contributed by atoms with E-state index < -0.39 is 0 Å². The molecule has 0 atom stereocenters. The Kier molecular flexibility index (Phi) is 2.39. The van der Waals surface area contributed by atoms with Crippen LogP contribution in [0.3, 0.4) is 0 Å². The zero-order chi connectivity index (χ0) is 9.38. The summed E-state index contributed by atoms with van der Waals surface area (Å²) >= 11 is 0. The molecule has 0 radical (unpaired) electrons. The van der Waals surface area contributed by atoms with Gasteiger partial charge in [-0.25, -0.2) is 4.98 Å². The summed E-state index contributed by atoms with van der Waals surface area (Å²) in [6.45, 7) is 0. The van der Waals surface area contributed by atoms with Crippen LogP contribution in [-0.4, -0.2) is 25.1 Å². The number of pyridine rings is 1. The zero-order valence-electron chi connectivity index (χ0n) is 7.64. The van der Waals surface area contributed by atoms with E-state index in [4.69, 9.17) is 0 Å². The minimum atomic E-state index is 0. The van der Waals surface area contributed by atoms with Gasteiger partial charge in [-0.15, -0.1) is 12.4 Å². The number of aromatic nitrogens is 5. The van der Waals surface area contributed by atoms with Crippen molar-refractivity contribution in [2.24, 2.45) is 0 Å². The maximum absolute atomic E-state index is 4.40. The molecule has 3 heterocycles. The topological polar surface area (TPSA) is 70.2 Å². The quantitative estimate of drug-likeness (QED) is 0.658. The van der Waals surface area contributed by atoms with Crippen LogP contribution >= 0.6 is 12.4 Å². The summed E-state index contributed by atoms with van der Waals surface area (Å²) in [4.78, 5) is 11.6. The van der Waals surface area contributed by atoms with E-state index in [2.05, 4.69) is 25.1 Å². The van der Waals surface area contributed by atoms with E-state index >= 15 is 0 Å². The predicted octanol–water partition coefficient (Wildman–Crippen LogP) is 1.77. The summed E-state index contributed by atoms with van der Waals surface area (Å²) < 4.78 is 0. The SMILES string of the molecule is Cl.c1cc2nc(-c3cn[nH]c3)[nH]c2cn1. The lowest BCUT2D eigenvalue weighted by atomic mass is 10.3. The van der Waals surface area contributed by atoms with Crippen LogP contribution in [0, 0.1) is 0 Å². The smallest absolute Gasteiger partial charge is 0.141 e. The fraction of sp³-hybridized carbons (Fsp3) is 0. The summed E-state index contributed by atoms with van der Waals surface area (Å²) in [6, 6.07) is 1.87. The first kappa shape index (κ1) is 9.67. The lowest BCUT2D eigenvalue weighted by molar-refractivity contribution is 1.09. The molecule has 0 saturated heterocycles. The highest BCUT2D eigenvalue weighted by Gasteiger charge is 2.04. The summed E-state index contributed by atoms with van der Waals surface area (Å²) in [5.41, 5.74) is 2.79. The molecule has 3 rings (SSSR count). The van der Waals surface area contributed by atoms with E-state index in [0.717, 1.165) is 22.4 Å². The minimum Gasteiger partial charge on any atom is -0.337 e. The van der Waals surface area contributed by atoms with Gasteiger partial charge in [0, 0.05) is 12.4 Å². The zero-order valence-corrected chi connectivity index (χ0v) is 8.45. The second kappa shape index (κ2) is 3.70. The number of imidazole rings is 1. The maximum Gasteiger partial charge on any atom is 0.141 e. The van der Waals surface area contributed by atoms with Gasteiger partial charge >= 0.3 is 0 Å². The van der Waals surface area contributed by atoms with Crippen molar-refractivity contribution in [3.63, 3.8) is 0 Å². The standard InChI is InChI=1S/C9H7N5.ClH/c1-2-10-5-8-7(1)13-9(14-8)6-3-11-12-4-6;/h1-5H,(H,11,12)(H,13,14);1H. The fourth-order valence-corrected chi connectivity index (χ4v) is 1.37. The molecule has 0 bridgehead atoms. The molecule has 0 aliphatic heterocycles. The van der Waals surface area contributed by atoms with E-state index in [9.17, 15) is 0 Å². The molecule has 0 aromatic carbocycles. The monoisotopic (exact) mass is 221 g/mol. The number of nitrogens with zero attached hydrogens (tertiary/aromatic N) is 3. The number of hydrogen-bond acceptors (Lipinski definition) is 3. The van der Waals surface area contributed by atoms with Crippen molar-refractivity contribution < 1.29 is 0 Å². The summed E-state index contributed by atoms with van der Waals surface area (Å²) in [7, 11) is 0. The molecule has 3 aromatic heterocycles. The van der Waals surface area contributed by atoms with Gasteiger partial charge < -0.3 is 4.98 Å². The number of rotatable bonds is 1. The average Bonchev–Trinajstić information content (AvgIpc) is 2.86. The third kappa shape index (κ3) is 1.57. The molecule has 0 amide bonds. The van der Waals surface area contributed by atoms with Gasteiger partial charge in [0.05, 0.1) is 29.0 Å². The Bertz CT molecular complexity index is 524. The molecule has 0 fully saturated rings. The Labute approximate surface area is 91.4 Å². The summed E-state index contributed by atoms with van der Waals surface area (Å²) in [6.07, 6.45) is 7.00. The van der Waals surface area contributed by atoms with Crippen LogP contribution in [0.5, 0.6) is 0 Å². The molecule has 0 aliphatic carbocycles. The molecule has 15 heavy (non-hydrogen) atoms. The van der Waals surface area contributed by atoms with Crippen molar-refractivity contribution in [2.75, 3.05) is 0 Å². The number of aromatic amines is 2. The third-order valence-electron chi connectivity index (χ3n) is 2.06. The van der Waals surface area contributed by atoms with Crippen molar-refractivity contribution >= 4 is 23.4 Å². The largest absolute Gasteiger partial charge is 0.337 e. The molecule has 0 aliphatic rings. The van der Waals surface area contributed by atoms with Gasteiger partial charge in [0.25, 0.3) is 0 Å². The number of halogens is 1. The summed E-state index contributed by atoms with van der Waals surface area (Å²) in [5.74, 6) is 0.807. The lowest BCUT2D eigenvalue weighted by Gasteiger charge is -1.84. The second-order valence-electron chi connectivity index (χ2n) is 2.97. The van der Waals surface area contributed by atoms with Gasteiger partial charge in [0.15, 0.2) is 0 Å². The van der Waals surface area contributed by atoms with Gasteiger partial charge in [-0.2, -0.15) is 5.10 Å². The molecular weight excluding hydrogens is 214 g/mol. The Hall–Kier alpha value is -1.88. The van der Waals surface area contributed by atoms with Crippen LogP contribution in [0.1, 0.15) is 0 Å². The molecule has 0 unspecified atom stereocenters. The molecule has 6 heteroatoms. The molecule has 3 aromatic rings. The predicted molar refractivity (Wildman–Crippen MR) is 58.7 cm³/mol. The van der Waals surface area contributed by atoms with E-state index in [0.29, 0.717) is 0 Å². The van der Waals surface area contributed by atoms with Crippen molar-refractivity contribution in [1.82, 2.24) is 25.1 Å². The highest BCUT2D eigenvalue weighted by atomic mass is 35.5. The Morgan fingerprint density at radius 2 is 2.13 bits per heavy atom. The van der Waals surface area contributed by atoms with Crippen molar-refractivity contribution in [3.05, 3.63) is 30.9 Å². The van der Waals surface area contributed by atoms with E-state index in [1.54, 1.807) is 24.8 Å². The third-order valence-corrected chi connectivity index (χ3v) is 2.06. The first-order valence-electron chi connectivity index (χ1n) is 4.22.